The molecule has 0 radical (unpaired) electrons. The molecule has 3 rings (SSSR count). The van der Waals surface area contributed by atoms with E-state index in [4.69, 9.17) is 29.2 Å². The zero-order chi connectivity index (χ0) is 19.4. The molecule has 0 aliphatic heterocycles. The largest absolute Gasteiger partial charge is 0.504 e. The van der Waals surface area contributed by atoms with E-state index in [1.165, 1.54) is 0 Å². The summed E-state index contributed by atoms with van der Waals surface area (Å²) in [5.41, 5.74) is 2.60. The van der Waals surface area contributed by atoms with Crippen molar-refractivity contribution < 1.29 is 9.84 Å². The first-order chi connectivity index (χ1) is 12.9. The second-order valence-corrected chi connectivity index (χ2v) is 6.73. The molecular weight excluding hydrogens is 382 g/mol. The number of hydrogen-bond acceptors (Lipinski definition) is 7. The van der Waals surface area contributed by atoms with Gasteiger partial charge in [0.05, 0.1) is 0 Å². The van der Waals surface area contributed by atoms with Crippen LogP contribution in [0.1, 0.15) is 0 Å². The molecule has 0 saturated heterocycles. The molecule has 2 aromatic carbocycles. The average Bonchev–Trinajstić information content (AvgIpc) is 2.62. The number of anilines is 2. The van der Waals surface area contributed by atoms with E-state index < -0.39 is 0 Å². The Morgan fingerprint density at radius 2 is 1.96 bits per heavy atom. The molecule has 140 valence electrons. The number of aromatic amines is 2. The van der Waals surface area contributed by atoms with E-state index in [-0.39, 0.29) is 12.5 Å². The number of phenolic OH excluding ortho intramolecular Hbond substituents is 1. The molecule has 0 spiro atoms. The summed E-state index contributed by atoms with van der Waals surface area (Å²) in [6, 6.07) is 12.8. The molecule has 0 amide bonds. The third kappa shape index (κ3) is 4.83. The summed E-state index contributed by atoms with van der Waals surface area (Å²) < 4.78 is 6.41. The maximum atomic E-state index is 9.95. The van der Waals surface area contributed by atoms with Gasteiger partial charge in [0, 0.05) is 37.1 Å². The number of nitrogens with zero attached hydrogens (tertiary/aromatic N) is 2. The third-order valence-electron chi connectivity index (χ3n) is 3.77. The van der Waals surface area contributed by atoms with Crippen LogP contribution in [0.3, 0.4) is 0 Å². The topological polar surface area (TPSA) is 89.2 Å². The van der Waals surface area contributed by atoms with Gasteiger partial charge >= 0.3 is 0 Å². The van der Waals surface area contributed by atoms with E-state index >= 15 is 0 Å². The second kappa shape index (κ2) is 8.19. The van der Waals surface area contributed by atoms with Gasteiger partial charge in [0.15, 0.2) is 23.0 Å². The third-order valence-corrected chi connectivity index (χ3v) is 4.16. The van der Waals surface area contributed by atoms with Gasteiger partial charge in [-0.15, -0.1) is 0 Å². The van der Waals surface area contributed by atoms with E-state index in [0.29, 0.717) is 21.1 Å². The zero-order valence-electron chi connectivity index (χ0n) is 14.8. The lowest BCUT2D eigenvalue weighted by atomic mass is 10.2. The lowest BCUT2D eigenvalue weighted by molar-refractivity contribution is 0.323. The molecule has 1 aromatic heterocycles. The van der Waals surface area contributed by atoms with E-state index in [1.807, 2.05) is 49.3 Å². The molecule has 3 aromatic rings. The zero-order valence-corrected chi connectivity index (χ0v) is 16.4. The molecule has 0 fully saturated rings. The summed E-state index contributed by atoms with van der Waals surface area (Å²) in [5.74, 6) is 1.08. The summed E-state index contributed by atoms with van der Waals surface area (Å²) in [4.78, 5) is 11.9. The number of aromatic hydroxyl groups is 1. The summed E-state index contributed by atoms with van der Waals surface area (Å²) in [5, 5.41) is 13.1. The minimum atomic E-state index is 0.0893. The number of phenols is 1. The summed E-state index contributed by atoms with van der Waals surface area (Å²) in [6.07, 6.45) is 0. The van der Waals surface area contributed by atoms with Crippen molar-refractivity contribution >= 4 is 35.8 Å². The van der Waals surface area contributed by atoms with Crippen LogP contribution in [0.2, 0.25) is 0 Å². The quantitative estimate of drug-likeness (QED) is 0.365. The Kier molecular flexibility index (Phi) is 5.72. The summed E-state index contributed by atoms with van der Waals surface area (Å²) >= 11 is 10.2. The Balaban J connectivity index is 1.72. The number of nitrogens with one attached hydrogen (secondary N) is 3. The summed E-state index contributed by atoms with van der Waals surface area (Å²) in [6.45, 7) is 0.187. The first-order valence-corrected chi connectivity index (χ1v) is 8.92. The molecule has 0 aliphatic carbocycles. The molecular formula is C18H19N5O2S2. The Hall–Kier alpha value is -2.91. The van der Waals surface area contributed by atoms with Gasteiger partial charge in [-0.2, -0.15) is 0 Å². The highest BCUT2D eigenvalue weighted by molar-refractivity contribution is 7.71. The van der Waals surface area contributed by atoms with Gasteiger partial charge in [0.25, 0.3) is 0 Å². The fourth-order valence-electron chi connectivity index (χ4n) is 2.40. The maximum absolute atomic E-state index is 9.95. The van der Waals surface area contributed by atoms with Crippen molar-refractivity contribution in [2.75, 3.05) is 31.0 Å². The maximum Gasteiger partial charge on any atom is 0.200 e. The highest BCUT2D eigenvalue weighted by Gasteiger charge is 2.06. The lowest BCUT2D eigenvalue weighted by Crippen LogP contribution is -2.11. The van der Waals surface area contributed by atoms with Crippen molar-refractivity contribution in [1.29, 1.82) is 0 Å². The Labute approximate surface area is 166 Å². The molecule has 27 heavy (non-hydrogen) atoms. The van der Waals surface area contributed by atoms with Crippen LogP contribution in [0.25, 0.3) is 11.4 Å². The molecule has 4 N–H and O–H groups in total. The van der Waals surface area contributed by atoms with Crippen LogP contribution < -0.4 is 15.0 Å². The van der Waals surface area contributed by atoms with E-state index in [9.17, 15) is 5.11 Å². The molecule has 0 saturated carbocycles. The molecule has 0 unspecified atom stereocenters. The SMILES string of the molecule is CN(C)c1ccc(O)c(OCNc2cccc(-c3nc(=S)[nH]c(=S)[nH]3)c2)c1. The standard InChI is InChI=1S/C18H19N5O2S2/c1-23(2)13-6-7-14(24)15(9-13)25-10-19-12-5-3-4-11(8-12)16-20-17(26)22-18(27)21-16/h3-9,19,24H,10H2,1-2H3,(H2,20,21,22,26,27). The van der Waals surface area contributed by atoms with E-state index in [1.54, 1.807) is 12.1 Å². The van der Waals surface area contributed by atoms with Crippen molar-refractivity contribution in [3.05, 3.63) is 52.0 Å². The monoisotopic (exact) mass is 401 g/mol. The molecule has 1 heterocycles. The van der Waals surface area contributed by atoms with Gasteiger partial charge in [-0.05, 0) is 48.7 Å². The van der Waals surface area contributed by atoms with Gasteiger partial charge in [-0.25, -0.2) is 4.98 Å². The Bertz CT molecular complexity index is 1030. The van der Waals surface area contributed by atoms with Crippen molar-refractivity contribution in [3.63, 3.8) is 0 Å². The number of ether oxygens (including phenoxy) is 1. The predicted molar refractivity (Wildman–Crippen MR) is 112 cm³/mol. The predicted octanol–water partition coefficient (Wildman–Crippen LogP) is 4.08. The van der Waals surface area contributed by atoms with Crippen LogP contribution in [0.4, 0.5) is 11.4 Å². The second-order valence-electron chi connectivity index (χ2n) is 5.94. The highest BCUT2D eigenvalue weighted by atomic mass is 32.1. The fraction of sp³-hybridized carbons (Fsp3) is 0.167. The molecule has 9 heteroatoms. The van der Waals surface area contributed by atoms with Crippen LogP contribution >= 0.6 is 24.4 Å². The number of rotatable bonds is 6. The minimum Gasteiger partial charge on any atom is -0.504 e. The van der Waals surface area contributed by atoms with Gasteiger partial charge in [-0.3, -0.25) is 0 Å². The van der Waals surface area contributed by atoms with Crippen molar-refractivity contribution in [2.24, 2.45) is 0 Å². The van der Waals surface area contributed by atoms with Crippen LogP contribution in [-0.2, 0) is 0 Å². The molecule has 0 atom stereocenters. The molecule has 0 bridgehead atoms. The van der Waals surface area contributed by atoms with Crippen LogP contribution in [0.15, 0.2) is 42.5 Å². The van der Waals surface area contributed by atoms with Gasteiger partial charge in [0.1, 0.15) is 5.82 Å². The number of hydrogen-bond donors (Lipinski definition) is 4. The first-order valence-electron chi connectivity index (χ1n) is 8.10. The number of aromatic nitrogens is 3. The molecule has 7 nitrogen and oxygen atoms in total. The van der Waals surface area contributed by atoms with Gasteiger partial charge in [-0.1, -0.05) is 12.1 Å². The van der Waals surface area contributed by atoms with E-state index in [2.05, 4.69) is 20.3 Å². The summed E-state index contributed by atoms with van der Waals surface area (Å²) in [7, 11) is 3.85. The van der Waals surface area contributed by atoms with E-state index in [0.717, 1.165) is 16.9 Å². The minimum absolute atomic E-state index is 0.0893. The van der Waals surface area contributed by atoms with Crippen LogP contribution in [-0.4, -0.2) is 40.9 Å². The number of benzene rings is 2. The highest BCUT2D eigenvalue weighted by Crippen LogP contribution is 2.30. The van der Waals surface area contributed by atoms with Crippen molar-refractivity contribution in [2.45, 2.75) is 0 Å². The smallest absolute Gasteiger partial charge is 0.200 e. The Morgan fingerprint density at radius 3 is 2.70 bits per heavy atom. The normalized spacial score (nSPS) is 10.4. The van der Waals surface area contributed by atoms with Crippen molar-refractivity contribution in [1.82, 2.24) is 15.0 Å². The van der Waals surface area contributed by atoms with Crippen LogP contribution in [0.5, 0.6) is 11.5 Å². The number of H-pyrrole nitrogens is 2. The molecule has 0 aliphatic rings. The first kappa shape index (κ1) is 18.9. The van der Waals surface area contributed by atoms with Gasteiger partial charge in [0.2, 0.25) is 4.77 Å². The lowest BCUT2D eigenvalue weighted by Gasteiger charge is -2.16. The van der Waals surface area contributed by atoms with Gasteiger partial charge < -0.3 is 30.0 Å². The van der Waals surface area contributed by atoms with Crippen molar-refractivity contribution in [3.8, 4) is 22.9 Å². The van der Waals surface area contributed by atoms with Crippen LogP contribution in [0, 0.1) is 9.54 Å². The Morgan fingerprint density at radius 1 is 1.15 bits per heavy atom. The fourth-order valence-corrected chi connectivity index (χ4v) is 2.85. The average molecular weight is 402 g/mol.